The number of nitrogens with one attached hydrogen (secondary N) is 1. The van der Waals surface area contributed by atoms with E-state index in [0.29, 0.717) is 12.3 Å². The number of likely N-dealkylation sites (tertiary alicyclic amines) is 1. The van der Waals surface area contributed by atoms with E-state index in [1.54, 1.807) is 0 Å². The molecule has 1 aromatic carbocycles. The molecule has 1 saturated heterocycles. The molecule has 1 aromatic heterocycles. The summed E-state index contributed by atoms with van der Waals surface area (Å²) in [5.74, 6) is 0.361. The SMILES string of the molecule is O=C(COc1ccc([N+](=O)[O-])cc1)N1CCC[C@@H]1c1ccc[nH]1. The molecule has 1 amide bonds. The summed E-state index contributed by atoms with van der Waals surface area (Å²) in [6.45, 7) is 0.640. The third-order valence-corrected chi connectivity index (χ3v) is 3.96. The third kappa shape index (κ3) is 3.33. The molecule has 2 heterocycles. The lowest BCUT2D eigenvalue weighted by Gasteiger charge is -2.24. The number of non-ortho nitro benzene ring substituents is 1. The molecule has 0 saturated carbocycles. The van der Waals surface area contributed by atoms with Crippen molar-refractivity contribution in [2.45, 2.75) is 18.9 Å². The van der Waals surface area contributed by atoms with Gasteiger partial charge in [0, 0.05) is 30.6 Å². The van der Waals surface area contributed by atoms with Crippen molar-refractivity contribution < 1.29 is 14.5 Å². The number of hydrogen-bond acceptors (Lipinski definition) is 4. The van der Waals surface area contributed by atoms with Crippen molar-refractivity contribution in [2.24, 2.45) is 0 Å². The van der Waals surface area contributed by atoms with Gasteiger partial charge in [0.2, 0.25) is 0 Å². The van der Waals surface area contributed by atoms with Gasteiger partial charge in [0.15, 0.2) is 6.61 Å². The van der Waals surface area contributed by atoms with Crippen molar-refractivity contribution in [1.29, 1.82) is 0 Å². The number of H-pyrrole nitrogens is 1. The lowest BCUT2D eigenvalue weighted by molar-refractivity contribution is -0.384. The number of rotatable bonds is 5. The molecular formula is C16H17N3O4. The summed E-state index contributed by atoms with van der Waals surface area (Å²) in [6.07, 6.45) is 3.75. The molecule has 3 rings (SSSR count). The Balaban J connectivity index is 1.59. The van der Waals surface area contributed by atoms with Crippen molar-refractivity contribution >= 4 is 11.6 Å². The average Bonchev–Trinajstić information content (AvgIpc) is 3.23. The van der Waals surface area contributed by atoms with Gasteiger partial charge in [-0.25, -0.2) is 0 Å². The van der Waals surface area contributed by atoms with Crippen LogP contribution < -0.4 is 4.74 Å². The Bertz CT molecular complexity index is 682. The van der Waals surface area contributed by atoms with E-state index < -0.39 is 4.92 Å². The number of nitro benzene ring substituents is 1. The number of benzene rings is 1. The monoisotopic (exact) mass is 315 g/mol. The van der Waals surface area contributed by atoms with Gasteiger partial charge in [-0.3, -0.25) is 14.9 Å². The van der Waals surface area contributed by atoms with Gasteiger partial charge in [0.25, 0.3) is 11.6 Å². The van der Waals surface area contributed by atoms with Gasteiger partial charge in [0.05, 0.1) is 11.0 Å². The van der Waals surface area contributed by atoms with Crippen molar-refractivity contribution in [3.8, 4) is 5.75 Å². The van der Waals surface area contributed by atoms with E-state index in [2.05, 4.69) is 4.98 Å². The molecule has 1 fully saturated rings. The normalized spacial score (nSPS) is 17.2. The Hall–Kier alpha value is -2.83. The van der Waals surface area contributed by atoms with E-state index in [0.717, 1.165) is 18.5 Å². The number of carbonyl (C=O) groups excluding carboxylic acids is 1. The van der Waals surface area contributed by atoms with E-state index >= 15 is 0 Å². The van der Waals surface area contributed by atoms with Crippen LogP contribution in [0.1, 0.15) is 24.6 Å². The summed E-state index contributed by atoms with van der Waals surface area (Å²) >= 11 is 0. The van der Waals surface area contributed by atoms with E-state index in [1.165, 1.54) is 24.3 Å². The minimum Gasteiger partial charge on any atom is -0.484 e. The zero-order chi connectivity index (χ0) is 16.2. The molecule has 120 valence electrons. The maximum atomic E-state index is 12.4. The van der Waals surface area contributed by atoms with Gasteiger partial charge in [0.1, 0.15) is 5.75 Å². The van der Waals surface area contributed by atoms with E-state index in [4.69, 9.17) is 4.74 Å². The van der Waals surface area contributed by atoms with E-state index in [-0.39, 0.29) is 24.2 Å². The summed E-state index contributed by atoms with van der Waals surface area (Å²) in [4.78, 5) is 27.5. The number of carbonyl (C=O) groups is 1. The number of nitrogens with zero attached hydrogens (tertiary/aromatic N) is 2. The Morgan fingerprint density at radius 2 is 2.13 bits per heavy atom. The number of aromatic nitrogens is 1. The molecule has 7 nitrogen and oxygen atoms in total. The van der Waals surface area contributed by atoms with Gasteiger partial charge in [-0.1, -0.05) is 0 Å². The molecule has 23 heavy (non-hydrogen) atoms. The summed E-state index contributed by atoms with van der Waals surface area (Å²) in [7, 11) is 0. The predicted octanol–water partition coefficient (Wildman–Crippen LogP) is 2.67. The number of aromatic amines is 1. The van der Waals surface area contributed by atoms with Gasteiger partial charge >= 0.3 is 0 Å². The summed E-state index contributed by atoms with van der Waals surface area (Å²) in [5.41, 5.74) is 1.03. The van der Waals surface area contributed by atoms with Gasteiger partial charge in [-0.2, -0.15) is 0 Å². The fourth-order valence-electron chi connectivity index (χ4n) is 2.83. The van der Waals surface area contributed by atoms with Gasteiger partial charge < -0.3 is 14.6 Å². The molecular weight excluding hydrogens is 298 g/mol. The number of amides is 1. The number of nitro groups is 1. The Labute approximate surface area is 133 Å². The van der Waals surface area contributed by atoms with Crippen LogP contribution in [0.15, 0.2) is 42.6 Å². The van der Waals surface area contributed by atoms with E-state index in [9.17, 15) is 14.9 Å². The largest absolute Gasteiger partial charge is 0.484 e. The molecule has 7 heteroatoms. The first-order valence-corrected chi connectivity index (χ1v) is 7.45. The van der Waals surface area contributed by atoms with E-state index in [1.807, 2.05) is 23.2 Å². The second kappa shape index (κ2) is 6.51. The molecule has 1 N–H and O–H groups in total. The molecule has 0 aliphatic carbocycles. The lowest BCUT2D eigenvalue weighted by Crippen LogP contribution is -2.34. The highest BCUT2D eigenvalue weighted by Gasteiger charge is 2.30. The topological polar surface area (TPSA) is 88.5 Å². The van der Waals surface area contributed by atoms with Crippen LogP contribution in [-0.2, 0) is 4.79 Å². The minimum atomic E-state index is -0.472. The molecule has 0 bridgehead atoms. The molecule has 1 aliphatic rings. The zero-order valence-corrected chi connectivity index (χ0v) is 12.5. The first kappa shape index (κ1) is 15.1. The minimum absolute atomic E-state index is 0.00460. The second-order valence-electron chi connectivity index (χ2n) is 5.41. The van der Waals surface area contributed by atoms with Gasteiger partial charge in [-0.15, -0.1) is 0 Å². The van der Waals surface area contributed by atoms with Crippen LogP contribution in [0.5, 0.6) is 5.75 Å². The van der Waals surface area contributed by atoms with Crippen molar-refractivity contribution in [3.63, 3.8) is 0 Å². The summed E-state index contributed by atoms with van der Waals surface area (Å²) < 4.78 is 5.46. The smallest absolute Gasteiger partial charge is 0.269 e. The summed E-state index contributed by atoms with van der Waals surface area (Å²) in [6, 6.07) is 9.68. The second-order valence-corrected chi connectivity index (χ2v) is 5.41. The van der Waals surface area contributed by atoms with Crippen molar-refractivity contribution in [1.82, 2.24) is 9.88 Å². The first-order valence-electron chi connectivity index (χ1n) is 7.45. The maximum Gasteiger partial charge on any atom is 0.269 e. The van der Waals surface area contributed by atoms with Crippen LogP contribution in [-0.4, -0.2) is 33.9 Å². The molecule has 0 radical (unpaired) electrons. The Morgan fingerprint density at radius 3 is 2.78 bits per heavy atom. The highest BCUT2D eigenvalue weighted by Crippen LogP contribution is 2.30. The number of hydrogen-bond donors (Lipinski definition) is 1. The molecule has 0 spiro atoms. The van der Waals surface area contributed by atoms with Crippen LogP contribution in [0.25, 0.3) is 0 Å². The number of ether oxygens (including phenoxy) is 1. The van der Waals surface area contributed by atoms with Crippen LogP contribution in [0.2, 0.25) is 0 Å². The van der Waals surface area contributed by atoms with Crippen LogP contribution >= 0.6 is 0 Å². The molecule has 0 unspecified atom stereocenters. The fourth-order valence-corrected chi connectivity index (χ4v) is 2.83. The zero-order valence-electron chi connectivity index (χ0n) is 12.5. The maximum absolute atomic E-state index is 12.4. The van der Waals surface area contributed by atoms with Gasteiger partial charge in [-0.05, 0) is 37.1 Å². The standard InChI is InChI=1S/C16H17N3O4/c20-16(11-23-13-7-5-12(6-8-13)19(21)22)18-10-2-4-15(18)14-3-1-9-17-14/h1,3,5-9,15,17H,2,4,10-11H2/t15-/m1/s1. The quantitative estimate of drug-likeness (QED) is 0.678. The Morgan fingerprint density at radius 1 is 1.35 bits per heavy atom. The highest BCUT2D eigenvalue weighted by atomic mass is 16.6. The van der Waals surface area contributed by atoms with Crippen LogP contribution in [0, 0.1) is 10.1 Å². The Kier molecular flexibility index (Phi) is 4.27. The molecule has 2 aromatic rings. The fraction of sp³-hybridized carbons (Fsp3) is 0.312. The van der Waals surface area contributed by atoms with Crippen molar-refractivity contribution in [2.75, 3.05) is 13.2 Å². The predicted molar refractivity (Wildman–Crippen MR) is 83.1 cm³/mol. The molecule has 1 aliphatic heterocycles. The van der Waals surface area contributed by atoms with Crippen LogP contribution in [0.3, 0.4) is 0 Å². The molecule has 1 atom stereocenters. The third-order valence-electron chi connectivity index (χ3n) is 3.96. The van der Waals surface area contributed by atoms with Crippen molar-refractivity contribution in [3.05, 3.63) is 58.4 Å². The average molecular weight is 315 g/mol. The lowest BCUT2D eigenvalue weighted by atomic mass is 10.1. The van der Waals surface area contributed by atoms with Crippen LogP contribution in [0.4, 0.5) is 5.69 Å². The summed E-state index contributed by atoms with van der Waals surface area (Å²) in [5, 5.41) is 10.6. The first-order chi connectivity index (χ1) is 11.1. The highest BCUT2D eigenvalue weighted by molar-refractivity contribution is 5.78.